The van der Waals surface area contributed by atoms with Crippen LogP contribution in [0.2, 0.25) is 0 Å². The molecule has 0 aliphatic heterocycles. The Morgan fingerprint density at radius 3 is 2.67 bits per heavy atom. The summed E-state index contributed by atoms with van der Waals surface area (Å²) in [5.74, 6) is 0.0253. The first-order valence-electron chi connectivity index (χ1n) is 6.81. The first-order valence-corrected chi connectivity index (χ1v) is 6.81. The smallest absolute Gasteiger partial charge is 0.193 e. The summed E-state index contributed by atoms with van der Waals surface area (Å²) in [6.07, 6.45) is 3.49. The topological polar surface area (TPSA) is 33.2 Å². The van der Waals surface area contributed by atoms with Gasteiger partial charge < -0.3 is 4.90 Å². The first kappa shape index (κ1) is 13.3. The Bertz CT molecular complexity index is 804. The standard InChI is InChI=1S/C18H16N2O/c1-20(2)15-7-3-6-14(11-15)18(21)16-8-4-5-13-9-10-19-12-17(13)16/h3-12H,1-2H3. The van der Waals surface area contributed by atoms with Gasteiger partial charge in [-0.1, -0.05) is 30.3 Å². The average molecular weight is 276 g/mol. The van der Waals surface area contributed by atoms with Gasteiger partial charge in [0.2, 0.25) is 0 Å². The Hall–Kier alpha value is -2.68. The molecule has 1 aromatic heterocycles. The molecule has 0 N–H and O–H groups in total. The molecular weight excluding hydrogens is 260 g/mol. The van der Waals surface area contributed by atoms with Crippen molar-refractivity contribution in [1.29, 1.82) is 0 Å². The molecule has 0 atom stereocenters. The molecule has 3 rings (SSSR count). The number of anilines is 1. The molecule has 0 spiro atoms. The van der Waals surface area contributed by atoms with Crippen molar-refractivity contribution in [2.45, 2.75) is 0 Å². The van der Waals surface area contributed by atoms with Gasteiger partial charge in [-0.25, -0.2) is 0 Å². The summed E-state index contributed by atoms with van der Waals surface area (Å²) in [5.41, 5.74) is 2.40. The van der Waals surface area contributed by atoms with Crippen LogP contribution >= 0.6 is 0 Å². The second-order valence-electron chi connectivity index (χ2n) is 5.18. The monoisotopic (exact) mass is 276 g/mol. The van der Waals surface area contributed by atoms with Gasteiger partial charge in [0.15, 0.2) is 5.78 Å². The van der Waals surface area contributed by atoms with Gasteiger partial charge >= 0.3 is 0 Å². The van der Waals surface area contributed by atoms with Crippen LogP contribution in [0.4, 0.5) is 5.69 Å². The predicted octanol–water partition coefficient (Wildman–Crippen LogP) is 3.53. The van der Waals surface area contributed by atoms with Crippen LogP contribution in [-0.4, -0.2) is 24.9 Å². The maximum absolute atomic E-state index is 12.8. The fourth-order valence-corrected chi connectivity index (χ4v) is 2.39. The molecular formula is C18H16N2O. The minimum absolute atomic E-state index is 0.0253. The van der Waals surface area contributed by atoms with Gasteiger partial charge in [-0.3, -0.25) is 9.78 Å². The van der Waals surface area contributed by atoms with Crippen molar-refractivity contribution < 1.29 is 4.79 Å². The molecule has 21 heavy (non-hydrogen) atoms. The maximum atomic E-state index is 12.8. The van der Waals surface area contributed by atoms with E-state index in [0.717, 1.165) is 16.5 Å². The average Bonchev–Trinajstić information content (AvgIpc) is 2.53. The number of aromatic nitrogens is 1. The SMILES string of the molecule is CN(C)c1cccc(C(=O)c2cccc3ccncc23)c1. The molecule has 2 aromatic carbocycles. The van der Waals surface area contributed by atoms with Crippen LogP contribution < -0.4 is 4.90 Å². The Labute approximate surface area is 123 Å². The van der Waals surface area contributed by atoms with E-state index in [-0.39, 0.29) is 5.78 Å². The van der Waals surface area contributed by atoms with Gasteiger partial charge in [-0.05, 0) is 23.6 Å². The third-order valence-electron chi connectivity index (χ3n) is 3.55. The zero-order valence-corrected chi connectivity index (χ0v) is 12.1. The third kappa shape index (κ3) is 2.50. The zero-order valence-electron chi connectivity index (χ0n) is 12.1. The number of hydrogen-bond acceptors (Lipinski definition) is 3. The lowest BCUT2D eigenvalue weighted by atomic mass is 9.98. The van der Waals surface area contributed by atoms with Gasteiger partial charge in [0.05, 0.1) is 0 Å². The van der Waals surface area contributed by atoms with Crippen molar-refractivity contribution in [2.75, 3.05) is 19.0 Å². The number of carbonyl (C=O) groups is 1. The Balaban J connectivity index is 2.11. The highest BCUT2D eigenvalue weighted by Crippen LogP contribution is 2.22. The van der Waals surface area contributed by atoms with Crippen LogP contribution in [0.25, 0.3) is 10.8 Å². The molecule has 0 bridgehead atoms. The van der Waals surface area contributed by atoms with Gasteiger partial charge in [0.25, 0.3) is 0 Å². The minimum atomic E-state index is 0.0253. The van der Waals surface area contributed by atoms with E-state index >= 15 is 0 Å². The summed E-state index contributed by atoms with van der Waals surface area (Å²) >= 11 is 0. The second kappa shape index (κ2) is 5.37. The fraction of sp³-hybridized carbons (Fsp3) is 0.111. The van der Waals surface area contributed by atoms with Gasteiger partial charge in [-0.15, -0.1) is 0 Å². The van der Waals surface area contributed by atoms with Crippen LogP contribution in [0, 0.1) is 0 Å². The number of hydrogen-bond donors (Lipinski definition) is 0. The first-order chi connectivity index (χ1) is 10.2. The van der Waals surface area contributed by atoms with Crippen LogP contribution in [0.3, 0.4) is 0 Å². The van der Waals surface area contributed by atoms with Crippen LogP contribution in [0.1, 0.15) is 15.9 Å². The largest absolute Gasteiger partial charge is 0.378 e. The number of nitrogens with zero attached hydrogens (tertiary/aromatic N) is 2. The molecule has 3 nitrogen and oxygen atoms in total. The number of benzene rings is 2. The summed E-state index contributed by atoms with van der Waals surface area (Å²) in [7, 11) is 3.93. The summed E-state index contributed by atoms with van der Waals surface area (Å²) in [5, 5.41) is 1.92. The van der Waals surface area contributed by atoms with Crippen LogP contribution in [0.15, 0.2) is 60.9 Å². The van der Waals surface area contributed by atoms with E-state index in [2.05, 4.69) is 4.98 Å². The fourth-order valence-electron chi connectivity index (χ4n) is 2.39. The van der Waals surface area contributed by atoms with Crippen molar-refractivity contribution in [3.63, 3.8) is 0 Å². The van der Waals surface area contributed by atoms with E-state index in [0.29, 0.717) is 11.1 Å². The Morgan fingerprint density at radius 2 is 1.86 bits per heavy atom. The van der Waals surface area contributed by atoms with Crippen molar-refractivity contribution >= 4 is 22.2 Å². The molecule has 1 heterocycles. The molecule has 0 radical (unpaired) electrons. The van der Waals surface area contributed by atoms with E-state index in [1.165, 1.54) is 0 Å². The molecule has 0 aliphatic rings. The number of carbonyl (C=O) groups excluding carboxylic acids is 1. The predicted molar refractivity (Wildman–Crippen MR) is 85.9 cm³/mol. The lowest BCUT2D eigenvalue weighted by Gasteiger charge is -2.13. The van der Waals surface area contributed by atoms with Crippen LogP contribution in [-0.2, 0) is 0 Å². The Kier molecular flexibility index (Phi) is 3.40. The van der Waals surface area contributed by atoms with Gasteiger partial charge in [0, 0.05) is 48.7 Å². The van der Waals surface area contributed by atoms with Crippen molar-refractivity contribution in [3.05, 3.63) is 72.1 Å². The summed E-state index contributed by atoms with van der Waals surface area (Å²) in [6.45, 7) is 0. The molecule has 3 aromatic rings. The lowest BCUT2D eigenvalue weighted by Crippen LogP contribution is -2.10. The summed E-state index contributed by atoms with van der Waals surface area (Å²) in [6, 6.07) is 15.3. The quantitative estimate of drug-likeness (QED) is 0.686. The van der Waals surface area contributed by atoms with Crippen LogP contribution in [0.5, 0.6) is 0 Å². The number of rotatable bonds is 3. The number of pyridine rings is 1. The molecule has 3 heteroatoms. The highest BCUT2D eigenvalue weighted by atomic mass is 16.1. The lowest BCUT2D eigenvalue weighted by molar-refractivity contribution is 0.104. The molecule has 0 unspecified atom stereocenters. The molecule has 0 aliphatic carbocycles. The number of ketones is 1. The highest BCUT2D eigenvalue weighted by molar-refractivity contribution is 6.16. The minimum Gasteiger partial charge on any atom is -0.378 e. The van der Waals surface area contributed by atoms with E-state index in [4.69, 9.17) is 0 Å². The van der Waals surface area contributed by atoms with Crippen molar-refractivity contribution in [3.8, 4) is 0 Å². The maximum Gasteiger partial charge on any atom is 0.193 e. The van der Waals surface area contributed by atoms with E-state index in [1.54, 1.807) is 12.4 Å². The zero-order chi connectivity index (χ0) is 14.8. The normalized spacial score (nSPS) is 10.6. The second-order valence-corrected chi connectivity index (χ2v) is 5.18. The van der Waals surface area contributed by atoms with Gasteiger partial charge in [0.1, 0.15) is 0 Å². The third-order valence-corrected chi connectivity index (χ3v) is 3.55. The van der Waals surface area contributed by atoms with Gasteiger partial charge in [-0.2, -0.15) is 0 Å². The van der Waals surface area contributed by atoms with E-state index < -0.39 is 0 Å². The van der Waals surface area contributed by atoms with Crippen molar-refractivity contribution in [1.82, 2.24) is 4.98 Å². The molecule has 0 fully saturated rings. The molecule has 104 valence electrons. The summed E-state index contributed by atoms with van der Waals surface area (Å²) in [4.78, 5) is 18.9. The molecule has 0 saturated heterocycles. The summed E-state index contributed by atoms with van der Waals surface area (Å²) < 4.78 is 0. The number of fused-ring (bicyclic) bond motifs is 1. The molecule has 0 saturated carbocycles. The Morgan fingerprint density at radius 1 is 1.05 bits per heavy atom. The highest BCUT2D eigenvalue weighted by Gasteiger charge is 2.13. The van der Waals surface area contributed by atoms with Crippen molar-refractivity contribution in [2.24, 2.45) is 0 Å². The van der Waals surface area contributed by atoms with E-state index in [1.807, 2.05) is 67.5 Å². The van der Waals surface area contributed by atoms with E-state index in [9.17, 15) is 4.79 Å². The molecule has 0 amide bonds.